The molecule has 2 atom stereocenters. The predicted molar refractivity (Wildman–Crippen MR) is 78.6 cm³/mol. The standard InChI is InChI=1S/C16H21BrO/c1-11-6-5-7-13(12(11)2)18-15-10-14(17)16(15)8-3-4-9-16/h5-7,14-15H,3-4,8-10H2,1-2H3. The zero-order valence-corrected chi connectivity index (χ0v) is 12.8. The first-order valence-electron chi connectivity index (χ1n) is 7.00. The van der Waals surface area contributed by atoms with Gasteiger partial charge in [0, 0.05) is 10.2 Å². The summed E-state index contributed by atoms with van der Waals surface area (Å²) in [4.78, 5) is 0.669. The van der Waals surface area contributed by atoms with Crippen LogP contribution in [0.25, 0.3) is 0 Å². The van der Waals surface area contributed by atoms with Crippen molar-refractivity contribution in [3.63, 3.8) is 0 Å². The lowest BCUT2D eigenvalue weighted by molar-refractivity contribution is -0.0307. The lowest BCUT2D eigenvalue weighted by Gasteiger charge is -2.51. The fraction of sp³-hybridized carbons (Fsp3) is 0.625. The van der Waals surface area contributed by atoms with E-state index in [1.807, 2.05) is 0 Å². The third kappa shape index (κ3) is 1.80. The summed E-state index contributed by atoms with van der Waals surface area (Å²) < 4.78 is 6.34. The summed E-state index contributed by atoms with van der Waals surface area (Å²) in [6.07, 6.45) is 6.98. The van der Waals surface area contributed by atoms with Gasteiger partial charge in [0.15, 0.2) is 0 Å². The lowest BCUT2D eigenvalue weighted by atomic mass is 9.64. The summed E-state index contributed by atoms with van der Waals surface area (Å²) in [7, 11) is 0. The van der Waals surface area contributed by atoms with Crippen LogP contribution in [0.1, 0.15) is 43.2 Å². The molecule has 0 aliphatic heterocycles. The molecule has 0 aromatic heterocycles. The third-order valence-electron chi connectivity index (χ3n) is 5.04. The molecule has 0 heterocycles. The van der Waals surface area contributed by atoms with Crippen LogP contribution in [0.3, 0.4) is 0 Å². The molecule has 0 amide bonds. The van der Waals surface area contributed by atoms with Crippen LogP contribution in [0, 0.1) is 19.3 Å². The minimum Gasteiger partial charge on any atom is -0.489 e. The van der Waals surface area contributed by atoms with Gasteiger partial charge in [-0.2, -0.15) is 0 Å². The van der Waals surface area contributed by atoms with Crippen molar-refractivity contribution in [1.29, 1.82) is 0 Å². The molecule has 2 aliphatic rings. The molecule has 2 fully saturated rings. The van der Waals surface area contributed by atoms with E-state index in [-0.39, 0.29) is 0 Å². The molecule has 18 heavy (non-hydrogen) atoms. The van der Waals surface area contributed by atoms with E-state index in [1.165, 1.54) is 36.8 Å². The van der Waals surface area contributed by atoms with Crippen molar-refractivity contribution >= 4 is 15.9 Å². The molecule has 3 rings (SSSR count). The number of rotatable bonds is 2. The minimum absolute atomic E-state index is 0.421. The predicted octanol–water partition coefficient (Wildman–Crippen LogP) is 4.78. The lowest BCUT2D eigenvalue weighted by Crippen LogP contribution is -2.55. The van der Waals surface area contributed by atoms with Crippen LogP contribution >= 0.6 is 15.9 Å². The summed E-state index contributed by atoms with van der Waals surface area (Å²) in [5.74, 6) is 1.09. The van der Waals surface area contributed by atoms with Crippen molar-refractivity contribution in [2.45, 2.75) is 56.9 Å². The fourth-order valence-electron chi connectivity index (χ4n) is 3.54. The summed E-state index contributed by atoms with van der Waals surface area (Å²) in [6, 6.07) is 6.37. The fourth-order valence-corrected chi connectivity index (χ4v) is 4.63. The Labute approximate surface area is 118 Å². The number of aryl methyl sites for hydroxylation is 1. The van der Waals surface area contributed by atoms with Gasteiger partial charge in [0.25, 0.3) is 0 Å². The van der Waals surface area contributed by atoms with Gasteiger partial charge in [0.2, 0.25) is 0 Å². The van der Waals surface area contributed by atoms with E-state index in [9.17, 15) is 0 Å². The monoisotopic (exact) mass is 308 g/mol. The van der Waals surface area contributed by atoms with Crippen molar-refractivity contribution in [1.82, 2.24) is 0 Å². The number of benzene rings is 1. The summed E-state index contributed by atoms with van der Waals surface area (Å²) in [5.41, 5.74) is 3.04. The molecule has 2 aliphatic carbocycles. The van der Waals surface area contributed by atoms with Crippen LogP contribution in [-0.2, 0) is 0 Å². The van der Waals surface area contributed by atoms with Crippen molar-refractivity contribution in [3.05, 3.63) is 29.3 Å². The van der Waals surface area contributed by atoms with Crippen LogP contribution in [-0.4, -0.2) is 10.9 Å². The molecule has 1 nitrogen and oxygen atoms in total. The third-order valence-corrected chi connectivity index (χ3v) is 6.33. The molecule has 98 valence electrons. The average Bonchev–Trinajstić information content (AvgIpc) is 2.86. The molecule has 1 aromatic rings. The Hall–Kier alpha value is -0.500. The zero-order chi connectivity index (χ0) is 12.8. The van der Waals surface area contributed by atoms with Crippen molar-refractivity contribution in [2.75, 3.05) is 0 Å². The van der Waals surface area contributed by atoms with Crippen molar-refractivity contribution in [3.8, 4) is 5.75 Å². The maximum absolute atomic E-state index is 6.34. The topological polar surface area (TPSA) is 9.23 Å². The average molecular weight is 309 g/mol. The highest BCUT2D eigenvalue weighted by Crippen LogP contribution is 2.57. The molecule has 2 heteroatoms. The Morgan fingerprint density at radius 3 is 2.61 bits per heavy atom. The molecule has 0 bridgehead atoms. The second-order valence-corrected chi connectivity index (χ2v) is 7.05. The molecule has 0 radical (unpaired) electrons. The molecular weight excluding hydrogens is 288 g/mol. The van der Waals surface area contributed by atoms with Gasteiger partial charge in [-0.15, -0.1) is 0 Å². The summed E-state index contributed by atoms with van der Waals surface area (Å²) >= 11 is 3.85. The van der Waals surface area contributed by atoms with E-state index < -0.39 is 0 Å². The first kappa shape index (κ1) is 12.5. The molecular formula is C16H21BrO. The van der Waals surface area contributed by atoms with Gasteiger partial charge in [0.1, 0.15) is 11.9 Å². The Kier molecular flexibility index (Phi) is 3.17. The Morgan fingerprint density at radius 2 is 1.94 bits per heavy atom. The highest BCUT2D eigenvalue weighted by atomic mass is 79.9. The highest BCUT2D eigenvalue weighted by Gasteiger charge is 2.56. The van der Waals surface area contributed by atoms with Gasteiger partial charge in [-0.3, -0.25) is 0 Å². The van der Waals surface area contributed by atoms with Crippen LogP contribution in [0.4, 0.5) is 0 Å². The molecule has 2 saturated carbocycles. The second-order valence-electron chi connectivity index (χ2n) is 5.95. The maximum Gasteiger partial charge on any atom is 0.122 e. The first-order valence-corrected chi connectivity index (χ1v) is 7.92. The smallest absolute Gasteiger partial charge is 0.122 e. The van der Waals surface area contributed by atoms with Gasteiger partial charge in [-0.1, -0.05) is 40.9 Å². The Bertz CT molecular complexity index is 448. The van der Waals surface area contributed by atoms with Crippen LogP contribution in [0.5, 0.6) is 5.75 Å². The molecule has 0 N–H and O–H groups in total. The van der Waals surface area contributed by atoms with E-state index in [1.54, 1.807) is 0 Å². The highest BCUT2D eigenvalue weighted by molar-refractivity contribution is 9.09. The van der Waals surface area contributed by atoms with Crippen molar-refractivity contribution in [2.24, 2.45) is 5.41 Å². The Morgan fingerprint density at radius 1 is 1.22 bits per heavy atom. The quantitative estimate of drug-likeness (QED) is 0.715. The van der Waals surface area contributed by atoms with Gasteiger partial charge in [-0.05, 0) is 50.3 Å². The largest absolute Gasteiger partial charge is 0.489 e. The summed E-state index contributed by atoms with van der Waals surface area (Å²) in [6.45, 7) is 4.32. The van der Waals surface area contributed by atoms with E-state index in [2.05, 4.69) is 48.0 Å². The number of alkyl halides is 1. The van der Waals surface area contributed by atoms with Crippen LogP contribution < -0.4 is 4.74 Å². The van der Waals surface area contributed by atoms with Gasteiger partial charge < -0.3 is 4.74 Å². The SMILES string of the molecule is Cc1cccc(OC2CC(Br)C23CCCC3)c1C. The van der Waals surface area contributed by atoms with E-state index in [4.69, 9.17) is 4.74 Å². The Balaban J connectivity index is 1.79. The number of hydrogen-bond acceptors (Lipinski definition) is 1. The molecule has 2 unspecified atom stereocenters. The van der Waals surface area contributed by atoms with E-state index >= 15 is 0 Å². The van der Waals surface area contributed by atoms with Gasteiger partial charge >= 0.3 is 0 Å². The second kappa shape index (κ2) is 4.56. The van der Waals surface area contributed by atoms with E-state index in [0.717, 1.165) is 12.2 Å². The summed E-state index contributed by atoms with van der Waals surface area (Å²) in [5, 5.41) is 0. The number of hydrogen-bond donors (Lipinski definition) is 0. The molecule has 1 aromatic carbocycles. The maximum atomic E-state index is 6.34. The van der Waals surface area contributed by atoms with Crippen LogP contribution in [0.15, 0.2) is 18.2 Å². The molecule has 0 saturated heterocycles. The zero-order valence-electron chi connectivity index (χ0n) is 11.2. The normalized spacial score (nSPS) is 29.3. The number of halogens is 1. The number of ether oxygens (including phenoxy) is 1. The first-order chi connectivity index (χ1) is 8.63. The van der Waals surface area contributed by atoms with Gasteiger partial charge in [-0.25, -0.2) is 0 Å². The molecule has 1 spiro atoms. The van der Waals surface area contributed by atoms with E-state index in [0.29, 0.717) is 16.3 Å². The minimum atomic E-state index is 0.421. The van der Waals surface area contributed by atoms with Crippen LogP contribution in [0.2, 0.25) is 0 Å². The van der Waals surface area contributed by atoms with Gasteiger partial charge in [0.05, 0.1) is 0 Å². The van der Waals surface area contributed by atoms with Crippen molar-refractivity contribution < 1.29 is 4.74 Å².